The Hall–Kier alpha value is -1.47. The van der Waals surface area contributed by atoms with Crippen molar-refractivity contribution in [3.8, 4) is 0 Å². The Balaban J connectivity index is 2.12. The molecule has 6 N–H and O–H groups in total. The van der Waals surface area contributed by atoms with Gasteiger partial charge in [0.25, 0.3) is 5.56 Å². The van der Waals surface area contributed by atoms with E-state index in [4.69, 9.17) is 29.0 Å². The molecule has 0 aliphatic rings. The molecule has 0 amide bonds. The van der Waals surface area contributed by atoms with Gasteiger partial charge >= 0.3 is 15.2 Å². The summed E-state index contributed by atoms with van der Waals surface area (Å²) < 4.78 is 33.3. The van der Waals surface area contributed by atoms with Crippen molar-refractivity contribution in [2.24, 2.45) is 0 Å². The third-order valence-corrected chi connectivity index (χ3v) is 4.68. The van der Waals surface area contributed by atoms with Crippen LogP contribution >= 0.6 is 15.2 Å². The number of aromatic amines is 1. The molecule has 0 saturated heterocycles. The molecule has 27 heavy (non-hydrogen) atoms. The van der Waals surface area contributed by atoms with Crippen LogP contribution in [0.3, 0.4) is 0 Å². The number of aliphatic hydroxyl groups excluding tert-OH is 1. The van der Waals surface area contributed by atoms with Crippen LogP contribution in [0.25, 0.3) is 11.2 Å². The first-order chi connectivity index (χ1) is 12.5. The number of imidazole rings is 1. The Labute approximate surface area is 151 Å². The summed E-state index contributed by atoms with van der Waals surface area (Å²) in [5, 5.41) is 9.39. The van der Waals surface area contributed by atoms with E-state index in [0.717, 1.165) is 6.33 Å². The van der Waals surface area contributed by atoms with Crippen molar-refractivity contribution in [1.29, 1.82) is 0 Å². The molecule has 0 saturated carbocycles. The predicted octanol–water partition coefficient (Wildman–Crippen LogP) is -1.85. The molecule has 16 heteroatoms. The van der Waals surface area contributed by atoms with E-state index in [0.29, 0.717) is 0 Å². The molecule has 152 valence electrons. The van der Waals surface area contributed by atoms with Gasteiger partial charge in [-0.3, -0.25) is 13.9 Å². The van der Waals surface area contributed by atoms with Crippen LogP contribution in [0.1, 0.15) is 0 Å². The number of hydrogen-bond donors (Lipinski definition) is 6. The van der Waals surface area contributed by atoms with Crippen LogP contribution < -0.4 is 5.56 Å². The normalized spacial score (nSPS) is 15.1. The number of hydrogen-bond acceptors (Lipinski definition) is 8. The maximum absolute atomic E-state index is 11.7. The molecule has 0 radical (unpaired) electrons. The van der Waals surface area contributed by atoms with Gasteiger partial charge in [-0.15, -0.1) is 0 Å². The maximum atomic E-state index is 11.7. The minimum atomic E-state index is -4.79. The summed E-state index contributed by atoms with van der Waals surface area (Å²) in [6, 6.07) is 0. The van der Waals surface area contributed by atoms with Crippen LogP contribution in [0.2, 0.25) is 0 Å². The average Bonchev–Trinajstić information content (AvgIpc) is 2.94. The van der Waals surface area contributed by atoms with E-state index in [1.165, 1.54) is 10.9 Å². The zero-order chi connectivity index (χ0) is 20.2. The van der Waals surface area contributed by atoms with Gasteiger partial charge in [0.15, 0.2) is 17.0 Å². The van der Waals surface area contributed by atoms with Crippen LogP contribution in [0, 0.1) is 0 Å². The number of nitrogens with one attached hydrogen (secondary N) is 1. The predicted molar refractivity (Wildman–Crippen MR) is 88.8 cm³/mol. The van der Waals surface area contributed by atoms with Gasteiger partial charge < -0.3 is 43.7 Å². The molecule has 2 rings (SSSR count). The fourth-order valence-corrected chi connectivity index (χ4v) is 2.64. The Kier molecular flexibility index (Phi) is 7.03. The summed E-state index contributed by atoms with van der Waals surface area (Å²) in [6.07, 6.45) is 0.541. The zero-order valence-corrected chi connectivity index (χ0v) is 15.4. The van der Waals surface area contributed by atoms with Crippen LogP contribution in [0.5, 0.6) is 0 Å². The van der Waals surface area contributed by atoms with E-state index >= 15 is 0 Å². The van der Waals surface area contributed by atoms with Gasteiger partial charge in [-0.05, 0) is 0 Å². The molecular weight excluding hydrogens is 410 g/mol. The van der Waals surface area contributed by atoms with E-state index in [1.807, 2.05) is 0 Å². The van der Waals surface area contributed by atoms with Gasteiger partial charge in [-0.1, -0.05) is 0 Å². The molecule has 2 aromatic rings. The summed E-state index contributed by atoms with van der Waals surface area (Å²) >= 11 is 0. The number of ether oxygens (including phenoxy) is 2. The van der Waals surface area contributed by atoms with E-state index in [2.05, 4.69) is 15.0 Å². The van der Waals surface area contributed by atoms with E-state index in [1.54, 1.807) is 0 Å². The van der Waals surface area contributed by atoms with Crippen LogP contribution in [0.4, 0.5) is 0 Å². The molecule has 0 bridgehead atoms. The largest absolute Gasteiger partial charge is 0.378 e. The maximum Gasteiger partial charge on any atom is 0.356 e. The first kappa shape index (κ1) is 21.8. The number of aliphatic hydroxyl groups is 1. The highest BCUT2D eigenvalue weighted by atomic mass is 31.2. The van der Waals surface area contributed by atoms with Crippen molar-refractivity contribution in [2.45, 2.75) is 18.5 Å². The third kappa shape index (κ3) is 6.57. The van der Waals surface area contributed by atoms with Crippen molar-refractivity contribution in [3.05, 3.63) is 23.0 Å². The van der Waals surface area contributed by atoms with E-state index in [-0.39, 0.29) is 24.3 Å². The second-order valence-electron chi connectivity index (χ2n) is 5.49. The van der Waals surface area contributed by atoms with E-state index in [9.17, 15) is 19.0 Å². The van der Waals surface area contributed by atoms with Crippen LogP contribution in [-0.2, 0) is 25.1 Å². The lowest BCUT2D eigenvalue weighted by atomic mass is 10.3. The Bertz CT molecular complexity index is 917. The first-order valence-electron chi connectivity index (χ1n) is 7.33. The highest BCUT2D eigenvalue weighted by Crippen LogP contribution is 2.39. The van der Waals surface area contributed by atoms with Gasteiger partial charge in [-0.2, -0.15) is 0 Å². The van der Waals surface area contributed by atoms with Crippen molar-refractivity contribution in [1.82, 2.24) is 19.5 Å². The molecule has 0 fully saturated rings. The number of H-pyrrole nitrogens is 1. The molecule has 0 aliphatic carbocycles. The second kappa shape index (κ2) is 8.69. The van der Waals surface area contributed by atoms with Crippen molar-refractivity contribution in [3.63, 3.8) is 0 Å². The van der Waals surface area contributed by atoms with Crippen molar-refractivity contribution >= 4 is 26.4 Å². The molecule has 1 unspecified atom stereocenters. The Morgan fingerprint density at radius 2 is 1.89 bits per heavy atom. The molecule has 2 atom stereocenters. The lowest BCUT2D eigenvalue weighted by molar-refractivity contribution is -0.0388. The first-order valence-corrected chi connectivity index (χ1v) is 10.8. The van der Waals surface area contributed by atoms with Gasteiger partial charge in [0.05, 0.1) is 38.5 Å². The standard InChI is InChI=1S/C11H18N4O10P2/c16-8(27(21,22)23)3-25-7(2-24-6-26(18,19)20)1-15-5-14-9-10(15)12-4-13-11(9)17/h4-5,7-8,16H,1-3,6H2,(H,12,13,17)(H2,18,19,20)(H2,21,22,23)/t7-,8?/m1/s1. The summed E-state index contributed by atoms with van der Waals surface area (Å²) in [5.41, 5.74) is -0.244. The summed E-state index contributed by atoms with van der Waals surface area (Å²) in [4.78, 5) is 57.3. The van der Waals surface area contributed by atoms with Crippen molar-refractivity contribution < 1.29 is 43.3 Å². The lowest BCUT2D eigenvalue weighted by Gasteiger charge is -2.21. The topological polar surface area (TPSA) is 217 Å². The highest BCUT2D eigenvalue weighted by Gasteiger charge is 2.28. The molecule has 0 aliphatic heterocycles. The second-order valence-corrected chi connectivity index (χ2v) is 8.85. The molecular formula is C11H18N4O10P2. The summed E-state index contributed by atoms with van der Waals surface area (Å²) in [5.74, 6) is -2.08. The summed E-state index contributed by atoms with van der Waals surface area (Å²) in [7, 11) is -9.22. The molecule has 0 spiro atoms. The van der Waals surface area contributed by atoms with Gasteiger partial charge in [0.2, 0.25) is 0 Å². The molecule has 14 nitrogen and oxygen atoms in total. The number of rotatable bonds is 10. The fraction of sp³-hybridized carbons (Fsp3) is 0.545. The molecule has 2 aromatic heterocycles. The molecule has 0 aromatic carbocycles. The number of fused-ring (bicyclic) bond motifs is 1. The monoisotopic (exact) mass is 428 g/mol. The average molecular weight is 428 g/mol. The van der Waals surface area contributed by atoms with Gasteiger partial charge in [0.1, 0.15) is 6.35 Å². The SMILES string of the molecule is O=c1[nH]cnc2c1ncn2C[C@H](COCP(=O)(O)O)OCC(O)P(=O)(O)O. The van der Waals surface area contributed by atoms with E-state index < -0.39 is 45.7 Å². The smallest absolute Gasteiger partial charge is 0.356 e. The Morgan fingerprint density at radius 3 is 2.52 bits per heavy atom. The Morgan fingerprint density at radius 1 is 1.19 bits per heavy atom. The highest BCUT2D eigenvalue weighted by molar-refractivity contribution is 7.52. The van der Waals surface area contributed by atoms with Gasteiger partial charge in [0, 0.05) is 0 Å². The molecule has 2 heterocycles. The van der Waals surface area contributed by atoms with Crippen LogP contribution in [0.15, 0.2) is 17.4 Å². The van der Waals surface area contributed by atoms with Crippen molar-refractivity contribution in [2.75, 3.05) is 19.6 Å². The minimum absolute atomic E-state index is 0.0441. The quantitative estimate of drug-likeness (QED) is 0.230. The zero-order valence-electron chi connectivity index (χ0n) is 13.7. The van der Waals surface area contributed by atoms with Crippen LogP contribution in [-0.4, -0.2) is 75.7 Å². The summed E-state index contributed by atoms with van der Waals surface area (Å²) in [6.45, 7) is -1.21. The number of nitrogens with zero attached hydrogens (tertiary/aromatic N) is 3. The minimum Gasteiger partial charge on any atom is -0.378 e. The lowest BCUT2D eigenvalue weighted by Crippen LogP contribution is -2.29. The van der Waals surface area contributed by atoms with Gasteiger partial charge in [-0.25, -0.2) is 9.97 Å². The third-order valence-electron chi connectivity index (χ3n) is 3.24. The fourth-order valence-electron chi connectivity index (χ4n) is 2.02. The number of aromatic nitrogens is 4.